The molecule has 2 heterocycles. The lowest BCUT2D eigenvalue weighted by molar-refractivity contribution is 0.181. The highest BCUT2D eigenvalue weighted by atomic mass is 32.1. The first-order chi connectivity index (χ1) is 8.83. The normalized spacial score (nSPS) is 24.4. The van der Waals surface area contributed by atoms with Crippen molar-refractivity contribution in [3.05, 3.63) is 21.4 Å². The van der Waals surface area contributed by atoms with Gasteiger partial charge in [0.05, 0.1) is 0 Å². The molecular weight excluding hydrogens is 240 g/mol. The van der Waals surface area contributed by atoms with Crippen LogP contribution in [0.4, 0.5) is 0 Å². The lowest BCUT2D eigenvalue weighted by atomic mass is 10.0. The Hall–Kier alpha value is -0.380. The van der Waals surface area contributed by atoms with Crippen molar-refractivity contribution in [3.63, 3.8) is 0 Å². The van der Waals surface area contributed by atoms with E-state index >= 15 is 0 Å². The van der Waals surface area contributed by atoms with Crippen LogP contribution in [0.15, 0.2) is 6.07 Å². The number of fused-ring (bicyclic) bond motifs is 1. The molecule has 1 aromatic heterocycles. The van der Waals surface area contributed by atoms with E-state index in [1.807, 2.05) is 11.3 Å². The fraction of sp³-hybridized carbons (Fsp3) is 0.733. The highest BCUT2D eigenvalue weighted by Crippen LogP contribution is 2.30. The van der Waals surface area contributed by atoms with E-state index in [4.69, 9.17) is 0 Å². The Bertz CT molecular complexity index is 378. The van der Waals surface area contributed by atoms with Crippen LogP contribution in [0.5, 0.6) is 0 Å². The molecule has 1 unspecified atom stereocenters. The van der Waals surface area contributed by atoms with E-state index in [-0.39, 0.29) is 0 Å². The van der Waals surface area contributed by atoms with Gasteiger partial charge in [-0.25, -0.2) is 0 Å². The van der Waals surface area contributed by atoms with Crippen molar-refractivity contribution in [1.82, 2.24) is 10.2 Å². The van der Waals surface area contributed by atoms with Crippen LogP contribution in [0.3, 0.4) is 0 Å². The first kappa shape index (κ1) is 12.6. The van der Waals surface area contributed by atoms with Crippen LogP contribution < -0.4 is 5.32 Å². The zero-order chi connectivity index (χ0) is 12.4. The summed E-state index contributed by atoms with van der Waals surface area (Å²) in [4.78, 5) is 5.71. The number of nitrogens with zero attached hydrogens (tertiary/aromatic N) is 1. The third-order valence-electron chi connectivity index (χ3n) is 4.40. The summed E-state index contributed by atoms with van der Waals surface area (Å²) in [5, 5.41) is 3.66. The molecule has 0 spiro atoms. The highest BCUT2D eigenvalue weighted by Gasteiger charge is 2.18. The summed E-state index contributed by atoms with van der Waals surface area (Å²) in [7, 11) is 2.27. The average molecular weight is 264 g/mol. The van der Waals surface area contributed by atoms with Gasteiger partial charge in [-0.15, -0.1) is 11.3 Å². The molecule has 3 heteroatoms. The molecular formula is C15H24N2S. The molecule has 1 aromatic rings. The van der Waals surface area contributed by atoms with Gasteiger partial charge in [0, 0.05) is 28.9 Å². The first-order valence-corrected chi connectivity index (χ1v) is 8.16. The zero-order valence-corrected chi connectivity index (χ0v) is 12.2. The average Bonchev–Trinajstić information content (AvgIpc) is 2.92. The van der Waals surface area contributed by atoms with Crippen molar-refractivity contribution >= 4 is 11.3 Å². The summed E-state index contributed by atoms with van der Waals surface area (Å²) >= 11 is 2.03. The molecule has 3 rings (SSSR count). The summed E-state index contributed by atoms with van der Waals surface area (Å²) in [6.45, 7) is 3.50. The molecule has 1 atom stereocenters. The molecule has 100 valence electrons. The molecule has 0 saturated carbocycles. The smallest absolute Gasteiger partial charge is 0.0300 e. The fourth-order valence-corrected chi connectivity index (χ4v) is 4.47. The lowest BCUT2D eigenvalue weighted by Gasteiger charge is -2.32. The maximum absolute atomic E-state index is 3.66. The van der Waals surface area contributed by atoms with Gasteiger partial charge in [-0.1, -0.05) is 6.42 Å². The Kier molecular flexibility index (Phi) is 4.02. The Morgan fingerprint density at radius 1 is 1.33 bits per heavy atom. The van der Waals surface area contributed by atoms with Crippen molar-refractivity contribution in [3.8, 4) is 0 Å². The van der Waals surface area contributed by atoms with E-state index in [9.17, 15) is 0 Å². The van der Waals surface area contributed by atoms with Crippen LogP contribution in [-0.2, 0) is 19.4 Å². The summed E-state index contributed by atoms with van der Waals surface area (Å²) in [5.74, 6) is 0. The number of aryl methyl sites for hydroxylation is 2. The lowest BCUT2D eigenvalue weighted by Crippen LogP contribution is -2.42. The molecule has 0 aromatic carbocycles. The van der Waals surface area contributed by atoms with Crippen LogP contribution in [0.2, 0.25) is 0 Å². The van der Waals surface area contributed by atoms with Crippen molar-refractivity contribution in [2.45, 2.75) is 51.1 Å². The minimum Gasteiger partial charge on any atom is -0.310 e. The monoisotopic (exact) mass is 264 g/mol. The summed E-state index contributed by atoms with van der Waals surface area (Å²) in [6, 6.07) is 3.19. The Balaban J connectivity index is 1.46. The van der Waals surface area contributed by atoms with Crippen molar-refractivity contribution in [2.75, 3.05) is 20.1 Å². The third-order valence-corrected chi connectivity index (χ3v) is 5.64. The molecule has 0 bridgehead atoms. The van der Waals surface area contributed by atoms with Crippen molar-refractivity contribution in [2.24, 2.45) is 0 Å². The SMILES string of the molecule is CN1CCCCC1CNCc1cc2c(s1)CCC2. The van der Waals surface area contributed by atoms with Crippen molar-refractivity contribution < 1.29 is 0 Å². The number of rotatable bonds is 4. The van der Waals surface area contributed by atoms with E-state index in [1.54, 1.807) is 10.4 Å². The van der Waals surface area contributed by atoms with E-state index < -0.39 is 0 Å². The standard InChI is InChI=1S/C15H24N2S/c1-17-8-3-2-6-13(17)10-16-11-14-9-12-5-4-7-15(12)18-14/h9,13,16H,2-8,10-11H2,1H3. The van der Waals surface area contributed by atoms with Gasteiger partial charge >= 0.3 is 0 Å². The minimum atomic E-state index is 0.755. The van der Waals surface area contributed by atoms with Crippen LogP contribution in [0, 0.1) is 0 Å². The van der Waals surface area contributed by atoms with Gasteiger partial charge < -0.3 is 10.2 Å². The molecule has 1 N–H and O–H groups in total. The van der Waals surface area contributed by atoms with Gasteiger partial charge in [0.25, 0.3) is 0 Å². The van der Waals surface area contributed by atoms with Gasteiger partial charge in [-0.2, -0.15) is 0 Å². The second kappa shape index (κ2) is 5.72. The summed E-state index contributed by atoms with van der Waals surface area (Å²) in [5.41, 5.74) is 1.63. The van der Waals surface area contributed by atoms with Crippen LogP contribution in [-0.4, -0.2) is 31.1 Å². The molecule has 1 aliphatic carbocycles. The zero-order valence-electron chi connectivity index (χ0n) is 11.4. The Morgan fingerprint density at radius 2 is 2.28 bits per heavy atom. The van der Waals surface area contributed by atoms with E-state index in [2.05, 4.69) is 23.3 Å². The molecule has 1 fully saturated rings. The molecule has 0 amide bonds. The second-order valence-corrected chi connectivity index (χ2v) is 7.00. The summed E-state index contributed by atoms with van der Waals surface area (Å²) < 4.78 is 0. The topological polar surface area (TPSA) is 15.3 Å². The summed E-state index contributed by atoms with van der Waals surface area (Å²) in [6.07, 6.45) is 8.17. The largest absolute Gasteiger partial charge is 0.310 e. The number of piperidine rings is 1. The van der Waals surface area contributed by atoms with Crippen LogP contribution >= 0.6 is 11.3 Å². The van der Waals surface area contributed by atoms with E-state index in [0.29, 0.717) is 0 Å². The maximum Gasteiger partial charge on any atom is 0.0300 e. The molecule has 2 nitrogen and oxygen atoms in total. The van der Waals surface area contributed by atoms with E-state index in [0.717, 1.165) is 19.1 Å². The number of likely N-dealkylation sites (N-methyl/N-ethyl adjacent to an activating group) is 1. The first-order valence-electron chi connectivity index (χ1n) is 7.34. The number of likely N-dealkylation sites (tertiary alicyclic amines) is 1. The number of hydrogen-bond donors (Lipinski definition) is 1. The van der Waals surface area contributed by atoms with Crippen LogP contribution in [0.1, 0.15) is 41.0 Å². The molecule has 18 heavy (non-hydrogen) atoms. The second-order valence-electron chi connectivity index (χ2n) is 5.78. The number of hydrogen-bond acceptors (Lipinski definition) is 3. The van der Waals surface area contributed by atoms with Gasteiger partial charge in [0.1, 0.15) is 0 Å². The van der Waals surface area contributed by atoms with Crippen LogP contribution in [0.25, 0.3) is 0 Å². The third kappa shape index (κ3) is 2.79. The quantitative estimate of drug-likeness (QED) is 0.899. The predicted molar refractivity (Wildman–Crippen MR) is 78.3 cm³/mol. The van der Waals surface area contributed by atoms with Gasteiger partial charge in [0.2, 0.25) is 0 Å². The Labute approximate surface area is 114 Å². The molecule has 0 radical (unpaired) electrons. The number of nitrogens with one attached hydrogen (secondary N) is 1. The van der Waals surface area contributed by atoms with Gasteiger partial charge in [0.15, 0.2) is 0 Å². The van der Waals surface area contributed by atoms with Gasteiger partial charge in [-0.3, -0.25) is 0 Å². The van der Waals surface area contributed by atoms with Crippen molar-refractivity contribution in [1.29, 1.82) is 0 Å². The predicted octanol–water partition coefficient (Wildman–Crippen LogP) is 2.81. The molecule has 2 aliphatic rings. The number of thiophene rings is 1. The Morgan fingerprint density at radius 3 is 3.11 bits per heavy atom. The van der Waals surface area contributed by atoms with E-state index in [1.165, 1.54) is 49.9 Å². The van der Waals surface area contributed by atoms with Gasteiger partial charge in [-0.05, 0) is 57.3 Å². The highest BCUT2D eigenvalue weighted by molar-refractivity contribution is 7.12. The fourth-order valence-electron chi connectivity index (χ4n) is 3.24. The molecule has 1 aliphatic heterocycles. The molecule has 1 saturated heterocycles. The maximum atomic E-state index is 3.66. The minimum absolute atomic E-state index is 0.755.